The summed E-state index contributed by atoms with van der Waals surface area (Å²) in [5.74, 6) is 1.16. The number of aryl methyl sites for hydroxylation is 1. The lowest BCUT2D eigenvalue weighted by molar-refractivity contribution is 0.401. The molecule has 0 atom stereocenters. The van der Waals surface area contributed by atoms with E-state index in [1.807, 2.05) is 6.92 Å². The van der Waals surface area contributed by atoms with Crippen molar-refractivity contribution in [3.05, 3.63) is 29.0 Å². The molecular weight excluding hydrogens is 254 g/mol. The third-order valence-corrected chi connectivity index (χ3v) is 2.93. The van der Waals surface area contributed by atoms with Crippen molar-refractivity contribution in [1.82, 2.24) is 9.78 Å². The average Bonchev–Trinajstić information content (AvgIpc) is 2.69. The van der Waals surface area contributed by atoms with Gasteiger partial charge in [-0.25, -0.2) is 4.68 Å². The van der Waals surface area contributed by atoms with Crippen molar-refractivity contribution in [2.45, 2.75) is 6.92 Å². The molecule has 1 aromatic carbocycles. The number of methoxy groups -OCH3 is 2. The van der Waals surface area contributed by atoms with Crippen molar-refractivity contribution < 1.29 is 9.47 Å². The summed E-state index contributed by atoms with van der Waals surface area (Å²) in [6, 6.07) is 3.44. The smallest absolute Gasteiger partial charge is 0.146 e. The Hall–Kier alpha value is -1.88. The van der Waals surface area contributed by atoms with E-state index in [1.165, 1.54) is 0 Å². The van der Waals surface area contributed by atoms with Crippen molar-refractivity contribution in [2.24, 2.45) is 0 Å². The number of rotatable bonds is 3. The van der Waals surface area contributed by atoms with Gasteiger partial charge in [0.05, 0.1) is 36.8 Å². The molecule has 0 bridgehead atoms. The van der Waals surface area contributed by atoms with Crippen molar-refractivity contribution in [3.63, 3.8) is 0 Å². The summed E-state index contributed by atoms with van der Waals surface area (Å²) < 4.78 is 12.1. The monoisotopic (exact) mass is 267 g/mol. The van der Waals surface area contributed by atoms with Gasteiger partial charge in [0.25, 0.3) is 0 Å². The molecule has 0 aliphatic carbocycles. The third kappa shape index (κ3) is 2.09. The molecule has 0 radical (unpaired) electrons. The summed E-state index contributed by atoms with van der Waals surface area (Å²) in [6.45, 7) is 1.84. The molecule has 1 heterocycles. The molecular formula is C12H14ClN3O2. The Labute approximate surface area is 110 Å². The van der Waals surface area contributed by atoms with Crippen LogP contribution in [0.4, 0.5) is 5.69 Å². The molecule has 0 amide bonds. The van der Waals surface area contributed by atoms with Gasteiger partial charge in [-0.15, -0.1) is 0 Å². The molecule has 0 saturated heterocycles. The van der Waals surface area contributed by atoms with Crippen LogP contribution in [0.2, 0.25) is 5.02 Å². The SMILES string of the molecule is COc1cc(-n2cc(N)c(C)n2)c(OC)cc1Cl. The van der Waals surface area contributed by atoms with Crippen molar-refractivity contribution in [1.29, 1.82) is 0 Å². The van der Waals surface area contributed by atoms with Crippen LogP contribution in [0.1, 0.15) is 5.69 Å². The molecule has 18 heavy (non-hydrogen) atoms. The highest BCUT2D eigenvalue weighted by atomic mass is 35.5. The van der Waals surface area contributed by atoms with Gasteiger partial charge in [-0.2, -0.15) is 5.10 Å². The van der Waals surface area contributed by atoms with Gasteiger partial charge in [0.15, 0.2) is 0 Å². The van der Waals surface area contributed by atoms with E-state index < -0.39 is 0 Å². The molecule has 0 aliphatic heterocycles. The molecule has 0 aliphatic rings. The lowest BCUT2D eigenvalue weighted by Crippen LogP contribution is -2.00. The zero-order chi connectivity index (χ0) is 13.3. The zero-order valence-electron chi connectivity index (χ0n) is 10.4. The molecule has 96 valence electrons. The molecule has 5 nitrogen and oxygen atoms in total. The lowest BCUT2D eigenvalue weighted by atomic mass is 10.2. The first kappa shape index (κ1) is 12.6. The van der Waals surface area contributed by atoms with Crippen LogP contribution in [0.5, 0.6) is 11.5 Å². The first-order valence-electron chi connectivity index (χ1n) is 5.30. The van der Waals surface area contributed by atoms with Crippen LogP contribution in [0.15, 0.2) is 18.3 Å². The second kappa shape index (κ2) is 4.78. The number of nitrogens with two attached hydrogens (primary N) is 1. The summed E-state index contributed by atoms with van der Waals surface area (Å²) >= 11 is 6.04. The van der Waals surface area contributed by atoms with Gasteiger partial charge in [-0.05, 0) is 6.92 Å². The quantitative estimate of drug-likeness (QED) is 0.928. The van der Waals surface area contributed by atoms with E-state index in [9.17, 15) is 0 Å². The Balaban J connectivity index is 2.61. The van der Waals surface area contributed by atoms with Gasteiger partial charge in [0.2, 0.25) is 0 Å². The normalized spacial score (nSPS) is 10.4. The van der Waals surface area contributed by atoms with Crippen LogP contribution in [-0.2, 0) is 0 Å². The van der Waals surface area contributed by atoms with E-state index in [0.29, 0.717) is 22.2 Å². The number of nitrogens with zero attached hydrogens (tertiary/aromatic N) is 2. The minimum atomic E-state index is 0.481. The molecule has 0 unspecified atom stereocenters. The van der Waals surface area contributed by atoms with E-state index in [-0.39, 0.29) is 0 Å². The van der Waals surface area contributed by atoms with Gasteiger partial charge < -0.3 is 15.2 Å². The number of aromatic nitrogens is 2. The minimum absolute atomic E-state index is 0.481. The van der Waals surface area contributed by atoms with Gasteiger partial charge in [0, 0.05) is 12.1 Å². The van der Waals surface area contributed by atoms with Crippen LogP contribution < -0.4 is 15.2 Å². The predicted molar refractivity (Wildman–Crippen MR) is 70.8 cm³/mol. The standard InChI is InChI=1S/C12H14ClN3O2/c1-7-9(14)6-16(15-7)10-5-11(17-2)8(13)4-12(10)18-3/h4-6H,14H2,1-3H3. The second-order valence-corrected chi connectivity index (χ2v) is 4.18. The Kier molecular flexibility index (Phi) is 3.34. The Morgan fingerprint density at radius 3 is 2.39 bits per heavy atom. The largest absolute Gasteiger partial charge is 0.495 e. The van der Waals surface area contributed by atoms with E-state index in [1.54, 1.807) is 37.2 Å². The fraction of sp³-hybridized carbons (Fsp3) is 0.250. The number of benzene rings is 1. The van der Waals surface area contributed by atoms with Crippen molar-refractivity contribution in [2.75, 3.05) is 20.0 Å². The molecule has 0 spiro atoms. The molecule has 2 aromatic rings. The van der Waals surface area contributed by atoms with Crippen molar-refractivity contribution in [3.8, 4) is 17.2 Å². The van der Waals surface area contributed by atoms with Crippen LogP contribution in [-0.4, -0.2) is 24.0 Å². The Morgan fingerprint density at radius 2 is 1.89 bits per heavy atom. The fourth-order valence-electron chi connectivity index (χ4n) is 1.62. The second-order valence-electron chi connectivity index (χ2n) is 3.77. The Morgan fingerprint density at radius 1 is 1.22 bits per heavy atom. The fourth-order valence-corrected chi connectivity index (χ4v) is 1.85. The highest BCUT2D eigenvalue weighted by molar-refractivity contribution is 6.32. The van der Waals surface area contributed by atoms with E-state index in [4.69, 9.17) is 26.8 Å². The highest BCUT2D eigenvalue weighted by Crippen LogP contribution is 2.34. The van der Waals surface area contributed by atoms with E-state index in [2.05, 4.69) is 5.10 Å². The number of halogens is 1. The summed E-state index contributed by atoms with van der Waals surface area (Å²) in [7, 11) is 3.13. The molecule has 6 heteroatoms. The van der Waals surface area contributed by atoms with E-state index >= 15 is 0 Å². The Bertz CT molecular complexity index is 561. The zero-order valence-corrected chi connectivity index (χ0v) is 11.2. The number of hydrogen-bond donors (Lipinski definition) is 1. The maximum atomic E-state index is 6.04. The van der Waals surface area contributed by atoms with Gasteiger partial charge in [0.1, 0.15) is 17.2 Å². The summed E-state index contributed by atoms with van der Waals surface area (Å²) in [5.41, 5.74) is 7.88. The maximum Gasteiger partial charge on any atom is 0.146 e. The summed E-state index contributed by atoms with van der Waals surface area (Å²) in [4.78, 5) is 0. The van der Waals surface area contributed by atoms with Gasteiger partial charge >= 0.3 is 0 Å². The topological polar surface area (TPSA) is 62.3 Å². The van der Waals surface area contributed by atoms with Crippen LogP contribution in [0.25, 0.3) is 5.69 Å². The molecule has 2 rings (SSSR count). The molecule has 0 saturated carbocycles. The van der Waals surface area contributed by atoms with Gasteiger partial charge in [-0.3, -0.25) is 0 Å². The predicted octanol–water partition coefficient (Wildman–Crippen LogP) is 2.43. The third-order valence-electron chi connectivity index (χ3n) is 2.64. The molecule has 0 fully saturated rings. The molecule has 2 N–H and O–H groups in total. The van der Waals surface area contributed by atoms with Crippen molar-refractivity contribution >= 4 is 17.3 Å². The number of nitrogen functional groups attached to an aromatic ring is 1. The summed E-state index contributed by atoms with van der Waals surface area (Å²) in [6.07, 6.45) is 1.72. The van der Waals surface area contributed by atoms with Crippen LogP contribution in [0.3, 0.4) is 0 Å². The average molecular weight is 268 g/mol. The number of hydrogen-bond acceptors (Lipinski definition) is 4. The summed E-state index contributed by atoms with van der Waals surface area (Å²) in [5, 5.41) is 4.79. The minimum Gasteiger partial charge on any atom is -0.495 e. The number of ether oxygens (including phenoxy) is 2. The van der Waals surface area contributed by atoms with Crippen LogP contribution in [0, 0.1) is 6.92 Å². The number of anilines is 1. The first-order valence-corrected chi connectivity index (χ1v) is 5.68. The highest BCUT2D eigenvalue weighted by Gasteiger charge is 2.13. The van der Waals surface area contributed by atoms with E-state index in [0.717, 1.165) is 11.4 Å². The lowest BCUT2D eigenvalue weighted by Gasteiger charge is -2.11. The van der Waals surface area contributed by atoms with Gasteiger partial charge in [-0.1, -0.05) is 11.6 Å². The molecule has 1 aromatic heterocycles. The maximum absolute atomic E-state index is 6.04. The van der Waals surface area contributed by atoms with Crippen LogP contribution >= 0.6 is 11.6 Å². The first-order chi connectivity index (χ1) is 8.56.